The van der Waals surface area contributed by atoms with E-state index in [9.17, 15) is 4.79 Å². The Morgan fingerprint density at radius 2 is 1.63 bits per heavy atom. The Labute approximate surface area is 122 Å². The number of alkyl halides is 1. The van der Waals surface area contributed by atoms with E-state index < -0.39 is 0 Å². The Morgan fingerprint density at radius 1 is 1.11 bits per heavy atom. The lowest BCUT2D eigenvalue weighted by molar-refractivity contribution is -0.143. The van der Waals surface area contributed by atoms with E-state index in [-0.39, 0.29) is 10.8 Å². The summed E-state index contributed by atoms with van der Waals surface area (Å²) >= 11 is 6.45. The molecule has 4 fully saturated rings. The molecular formula is C17H27ClO. The van der Waals surface area contributed by atoms with Gasteiger partial charge in [0.1, 0.15) is 0 Å². The fraction of sp³-hybridized carbons (Fsp3) is 0.941. The fourth-order valence-corrected chi connectivity index (χ4v) is 5.84. The molecule has 0 amide bonds. The smallest absolute Gasteiger partial charge is 0.156 e. The van der Waals surface area contributed by atoms with Crippen LogP contribution in [0.4, 0.5) is 0 Å². The third kappa shape index (κ3) is 2.60. The van der Waals surface area contributed by atoms with E-state index in [1.807, 2.05) is 0 Å². The Morgan fingerprint density at radius 3 is 2.11 bits per heavy atom. The van der Waals surface area contributed by atoms with Crippen molar-refractivity contribution < 1.29 is 4.79 Å². The summed E-state index contributed by atoms with van der Waals surface area (Å²) in [5, 5.41) is -0.206. The van der Waals surface area contributed by atoms with Gasteiger partial charge >= 0.3 is 0 Å². The van der Waals surface area contributed by atoms with Crippen LogP contribution in [0.5, 0.6) is 0 Å². The number of carbonyl (C=O) groups is 1. The zero-order valence-electron chi connectivity index (χ0n) is 12.2. The third-order valence-electron chi connectivity index (χ3n) is 5.91. The molecule has 0 heterocycles. The van der Waals surface area contributed by atoms with Crippen LogP contribution in [0.1, 0.15) is 71.1 Å². The molecule has 0 spiro atoms. The van der Waals surface area contributed by atoms with Crippen LogP contribution in [0.25, 0.3) is 0 Å². The van der Waals surface area contributed by atoms with E-state index in [1.54, 1.807) is 0 Å². The molecule has 0 radical (unpaired) electrons. The second-order valence-electron chi connectivity index (χ2n) is 7.53. The average molecular weight is 283 g/mol. The number of ketones is 1. The van der Waals surface area contributed by atoms with Gasteiger partial charge in [-0.3, -0.25) is 4.79 Å². The minimum absolute atomic E-state index is 0.00732. The molecule has 1 unspecified atom stereocenters. The van der Waals surface area contributed by atoms with Crippen molar-refractivity contribution in [3.05, 3.63) is 0 Å². The summed E-state index contributed by atoms with van der Waals surface area (Å²) in [5.74, 6) is 2.95. The lowest BCUT2D eigenvalue weighted by atomic mass is 9.48. The highest BCUT2D eigenvalue weighted by Crippen LogP contribution is 2.60. The van der Waals surface area contributed by atoms with Gasteiger partial charge in [-0.2, -0.15) is 0 Å². The maximum atomic E-state index is 12.9. The van der Waals surface area contributed by atoms with Crippen molar-refractivity contribution in [2.24, 2.45) is 23.2 Å². The molecule has 4 rings (SSSR count). The molecular weight excluding hydrogens is 256 g/mol. The lowest BCUT2D eigenvalue weighted by Crippen LogP contribution is -2.52. The van der Waals surface area contributed by atoms with Gasteiger partial charge in [0.05, 0.1) is 5.38 Å². The lowest BCUT2D eigenvalue weighted by Gasteiger charge is -2.56. The summed E-state index contributed by atoms with van der Waals surface area (Å²) in [6, 6.07) is 0. The first-order valence-corrected chi connectivity index (χ1v) is 8.75. The molecule has 4 bridgehead atoms. The predicted molar refractivity (Wildman–Crippen MR) is 79.4 cm³/mol. The van der Waals surface area contributed by atoms with Crippen molar-refractivity contribution in [2.45, 2.75) is 76.5 Å². The summed E-state index contributed by atoms with van der Waals surface area (Å²) in [4.78, 5) is 12.9. The number of rotatable bonds is 6. The minimum Gasteiger partial charge on any atom is -0.297 e. The van der Waals surface area contributed by atoms with Crippen LogP contribution < -0.4 is 0 Å². The Balaban J connectivity index is 1.65. The molecule has 0 saturated heterocycles. The van der Waals surface area contributed by atoms with Gasteiger partial charge in [0.2, 0.25) is 0 Å². The molecule has 1 atom stereocenters. The van der Waals surface area contributed by atoms with Crippen LogP contribution >= 0.6 is 11.6 Å². The van der Waals surface area contributed by atoms with Crippen molar-refractivity contribution in [3.8, 4) is 0 Å². The molecule has 19 heavy (non-hydrogen) atoms. The molecule has 0 N–H and O–H groups in total. The molecule has 0 aromatic rings. The highest BCUT2D eigenvalue weighted by atomic mass is 35.5. The molecule has 0 aromatic heterocycles. The van der Waals surface area contributed by atoms with Gasteiger partial charge in [0.15, 0.2) is 5.78 Å². The quantitative estimate of drug-likeness (QED) is 0.497. The second-order valence-corrected chi connectivity index (χ2v) is 8.05. The Hall–Kier alpha value is -0.0400. The van der Waals surface area contributed by atoms with Crippen LogP contribution in [0.15, 0.2) is 0 Å². The number of halogens is 1. The molecule has 0 aliphatic heterocycles. The first-order chi connectivity index (χ1) is 9.13. The van der Waals surface area contributed by atoms with Gasteiger partial charge in [0, 0.05) is 5.41 Å². The standard InChI is InChI=1S/C17H27ClO/c1-2-3-4-5-15(18)16(19)17-9-12-6-13(10-17)8-14(7-12)11-17/h12-15H,2-11H2,1H3. The molecule has 4 aliphatic carbocycles. The molecule has 108 valence electrons. The van der Waals surface area contributed by atoms with E-state index in [0.717, 1.165) is 49.9 Å². The first kappa shape index (κ1) is 13.9. The van der Waals surface area contributed by atoms with Crippen LogP contribution in [0, 0.1) is 23.2 Å². The van der Waals surface area contributed by atoms with Gasteiger partial charge in [0.25, 0.3) is 0 Å². The van der Waals surface area contributed by atoms with Crippen molar-refractivity contribution >= 4 is 17.4 Å². The van der Waals surface area contributed by atoms with E-state index >= 15 is 0 Å². The normalized spacial score (nSPS) is 41.5. The van der Waals surface area contributed by atoms with Crippen LogP contribution in [0.3, 0.4) is 0 Å². The maximum absolute atomic E-state index is 12.9. The molecule has 2 heteroatoms. The van der Waals surface area contributed by atoms with Crippen molar-refractivity contribution in [2.75, 3.05) is 0 Å². The first-order valence-electron chi connectivity index (χ1n) is 8.31. The molecule has 4 saturated carbocycles. The predicted octanol–water partition coefficient (Wildman–Crippen LogP) is 4.96. The van der Waals surface area contributed by atoms with Crippen LogP contribution in [0.2, 0.25) is 0 Å². The van der Waals surface area contributed by atoms with E-state index in [2.05, 4.69) is 6.92 Å². The average Bonchev–Trinajstić information content (AvgIpc) is 2.36. The largest absolute Gasteiger partial charge is 0.297 e. The van der Waals surface area contributed by atoms with Gasteiger partial charge in [-0.15, -0.1) is 11.6 Å². The van der Waals surface area contributed by atoms with E-state index in [1.165, 1.54) is 32.1 Å². The molecule has 0 aromatic carbocycles. The monoisotopic (exact) mass is 282 g/mol. The van der Waals surface area contributed by atoms with Crippen LogP contribution in [-0.4, -0.2) is 11.2 Å². The van der Waals surface area contributed by atoms with Gasteiger partial charge in [-0.25, -0.2) is 0 Å². The summed E-state index contributed by atoms with van der Waals surface area (Å²) < 4.78 is 0. The van der Waals surface area contributed by atoms with Crippen LogP contribution in [-0.2, 0) is 4.79 Å². The topological polar surface area (TPSA) is 17.1 Å². The highest BCUT2D eigenvalue weighted by Gasteiger charge is 2.55. The van der Waals surface area contributed by atoms with Gasteiger partial charge < -0.3 is 0 Å². The molecule has 4 aliphatic rings. The zero-order valence-corrected chi connectivity index (χ0v) is 12.9. The number of carbonyl (C=O) groups excluding carboxylic acids is 1. The minimum atomic E-state index is -0.206. The fourth-order valence-electron chi connectivity index (χ4n) is 5.45. The Bertz CT molecular complexity index is 314. The number of hydrogen-bond donors (Lipinski definition) is 0. The Kier molecular flexibility index (Phi) is 3.95. The van der Waals surface area contributed by atoms with Gasteiger partial charge in [-0.05, 0) is 62.7 Å². The molecule has 1 nitrogen and oxygen atoms in total. The van der Waals surface area contributed by atoms with Gasteiger partial charge in [-0.1, -0.05) is 26.2 Å². The highest BCUT2D eigenvalue weighted by molar-refractivity contribution is 6.31. The summed E-state index contributed by atoms with van der Waals surface area (Å²) in [5.41, 5.74) is 0.00732. The number of Topliss-reactive ketones (excluding diaryl/α,β-unsaturated/α-hetero) is 1. The van der Waals surface area contributed by atoms with Crippen molar-refractivity contribution in [1.82, 2.24) is 0 Å². The SMILES string of the molecule is CCCCCC(Cl)C(=O)C12CC3CC(CC(C3)C1)C2. The summed E-state index contributed by atoms with van der Waals surface area (Å²) in [6.45, 7) is 2.20. The van der Waals surface area contributed by atoms with Crippen molar-refractivity contribution in [1.29, 1.82) is 0 Å². The van der Waals surface area contributed by atoms with Crippen molar-refractivity contribution in [3.63, 3.8) is 0 Å². The number of hydrogen-bond acceptors (Lipinski definition) is 1. The third-order valence-corrected chi connectivity index (χ3v) is 6.32. The maximum Gasteiger partial charge on any atom is 0.156 e. The number of unbranched alkanes of at least 4 members (excludes halogenated alkanes) is 2. The summed E-state index contributed by atoms with van der Waals surface area (Å²) in [6.07, 6.45) is 12.1. The zero-order chi connectivity index (χ0) is 13.5. The van der Waals surface area contributed by atoms with E-state index in [4.69, 9.17) is 11.6 Å². The second kappa shape index (κ2) is 5.39. The van der Waals surface area contributed by atoms with E-state index in [0.29, 0.717) is 5.78 Å². The summed E-state index contributed by atoms with van der Waals surface area (Å²) in [7, 11) is 0.